The molecule has 16 heavy (non-hydrogen) atoms. The van der Waals surface area contributed by atoms with Gasteiger partial charge >= 0.3 is 6.09 Å². The number of nitrogens with zero attached hydrogens (tertiary/aromatic N) is 1. The van der Waals surface area contributed by atoms with Gasteiger partial charge in [0.1, 0.15) is 6.61 Å². The van der Waals surface area contributed by atoms with Crippen molar-refractivity contribution in [1.82, 2.24) is 0 Å². The number of halogens is 1. The minimum atomic E-state index is -0.333. The smallest absolute Gasteiger partial charge is 0.414 e. The maximum Gasteiger partial charge on any atom is 0.414 e. The highest BCUT2D eigenvalue weighted by atomic mass is 79.9. The first-order valence-electron chi connectivity index (χ1n) is 5.05. The van der Waals surface area contributed by atoms with Crippen molar-refractivity contribution in [3.63, 3.8) is 0 Å². The summed E-state index contributed by atoms with van der Waals surface area (Å²) in [6, 6.07) is 5.74. The van der Waals surface area contributed by atoms with Gasteiger partial charge in [0.05, 0.1) is 11.7 Å². The Hall–Kier alpha value is -1.07. The minimum absolute atomic E-state index is 0.0773. The zero-order chi connectivity index (χ0) is 11.7. The third-order valence-corrected chi connectivity index (χ3v) is 3.23. The van der Waals surface area contributed by atoms with Gasteiger partial charge in [-0.2, -0.15) is 0 Å². The van der Waals surface area contributed by atoms with Crippen molar-refractivity contribution in [3.05, 3.63) is 28.2 Å². The molecule has 2 N–H and O–H groups in total. The highest BCUT2D eigenvalue weighted by Gasteiger charge is 2.34. The lowest BCUT2D eigenvalue weighted by Crippen LogP contribution is -2.39. The van der Waals surface area contributed by atoms with Gasteiger partial charge in [0.2, 0.25) is 0 Å². The number of ether oxygens (including phenoxy) is 1. The number of aryl methyl sites for hydroxylation is 1. The molecule has 1 aliphatic heterocycles. The quantitative estimate of drug-likeness (QED) is 0.904. The molecule has 86 valence electrons. The molecule has 1 amide bonds. The molecule has 0 aliphatic carbocycles. The van der Waals surface area contributed by atoms with E-state index in [0.29, 0.717) is 13.2 Å². The number of benzene rings is 1. The molecule has 2 rings (SSSR count). The fourth-order valence-electron chi connectivity index (χ4n) is 1.74. The van der Waals surface area contributed by atoms with Crippen LogP contribution >= 0.6 is 15.9 Å². The van der Waals surface area contributed by atoms with Crippen LogP contribution in [0.3, 0.4) is 0 Å². The molecule has 1 atom stereocenters. The van der Waals surface area contributed by atoms with E-state index < -0.39 is 0 Å². The van der Waals surface area contributed by atoms with Crippen molar-refractivity contribution in [2.75, 3.05) is 18.1 Å². The molecule has 1 fully saturated rings. The van der Waals surface area contributed by atoms with Crippen LogP contribution < -0.4 is 10.6 Å². The molecule has 1 heterocycles. The van der Waals surface area contributed by atoms with Crippen LogP contribution in [-0.2, 0) is 4.74 Å². The fraction of sp³-hybridized carbons (Fsp3) is 0.364. The Balaban J connectivity index is 2.38. The molecule has 1 saturated heterocycles. The predicted molar refractivity (Wildman–Crippen MR) is 65.5 cm³/mol. The van der Waals surface area contributed by atoms with E-state index in [1.54, 1.807) is 4.90 Å². The second-order valence-electron chi connectivity index (χ2n) is 3.79. The highest BCUT2D eigenvalue weighted by molar-refractivity contribution is 9.10. The number of anilines is 1. The molecule has 1 aromatic rings. The Morgan fingerprint density at radius 1 is 1.62 bits per heavy atom. The van der Waals surface area contributed by atoms with Gasteiger partial charge in [-0.3, -0.25) is 4.90 Å². The molecule has 0 saturated carbocycles. The van der Waals surface area contributed by atoms with Crippen LogP contribution in [0.2, 0.25) is 0 Å². The minimum Gasteiger partial charge on any atom is -0.447 e. The van der Waals surface area contributed by atoms with Gasteiger partial charge in [0, 0.05) is 11.0 Å². The second-order valence-corrected chi connectivity index (χ2v) is 4.65. The highest BCUT2D eigenvalue weighted by Crippen LogP contribution is 2.31. The van der Waals surface area contributed by atoms with Crippen molar-refractivity contribution in [2.45, 2.75) is 13.0 Å². The van der Waals surface area contributed by atoms with Crippen molar-refractivity contribution < 1.29 is 9.53 Å². The molecule has 1 aliphatic rings. The summed E-state index contributed by atoms with van der Waals surface area (Å²) in [6.45, 7) is 2.75. The number of cyclic esters (lactones) is 1. The molecule has 1 unspecified atom stereocenters. The Labute approximate surface area is 102 Å². The molecule has 0 spiro atoms. The fourth-order valence-corrected chi connectivity index (χ4v) is 2.42. The Kier molecular flexibility index (Phi) is 3.16. The molecular weight excluding hydrogens is 272 g/mol. The summed E-state index contributed by atoms with van der Waals surface area (Å²) in [5, 5.41) is 0. The Bertz CT molecular complexity index is 422. The third-order valence-electron chi connectivity index (χ3n) is 2.60. The van der Waals surface area contributed by atoms with E-state index in [-0.39, 0.29) is 12.1 Å². The van der Waals surface area contributed by atoms with Crippen LogP contribution in [0.1, 0.15) is 5.56 Å². The summed E-state index contributed by atoms with van der Waals surface area (Å²) in [4.78, 5) is 13.2. The standard InChI is InChI=1S/C11H13BrN2O2/c1-7-2-3-10(9(12)4-7)14-8(5-13)6-16-11(14)15/h2-4,8H,5-6,13H2,1H3. The van der Waals surface area contributed by atoms with Gasteiger partial charge in [0.15, 0.2) is 0 Å². The van der Waals surface area contributed by atoms with E-state index in [4.69, 9.17) is 10.5 Å². The lowest BCUT2D eigenvalue weighted by Gasteiger charge is -2.21. The predicted octanol–water partition coefficient (Wildman–Crippen LogP) is 2.04. The van der Waals surface area contributed by atoms with Crippen molar-refractivity contribution >= 4 is 27.7 Å². The third kappa shape index (κ3) is 1.92. The number of carbonyl (C=O) groups is 1. The van der Waals surface area contributed by atoms with E-state index in [2.05, 4.69) is 15.9 Å². The van der Waals surface area contributed by atoms with Gasteiger partial charge in [-0.25, -0.2) is 4.79 Å². The van der Waals surface area contributed by atoms with E-state index in [1.165, 1.54) is 0 Å². The maximum atomic E-state index is 11.6. The molecule has 0 radical (unpaired) electrons. The first-order valence-corrected chi connectivity index (χ1v) is 5.85. The number of nitrogens with two attached hydrogens (primary N) is 1. The molecule has 5 heteroatoms. The van der Waals surface area contributed by atoms with Crippen LogP contribution in [0.4, 0.5) is 10.5 Å². The lowest BCUT2D eigenvalue weighted by molar-refractivity contribution is 0.179. The molecular formula is C11H13BrN2O2. The molecule has 1 aromatic carbocycles. The van der Waals surface area contributed by atoms with E-state index >= 15 is 0 Å². The maximum absolute atomic E-state index is 11.6. The number of hydrogen-bond donors (Lipinski definition) is 1. The Morgan fingerprint density at radius 2 is 2.38 bits per heavy atom. The van der Waals surface area contributed by atoms with E-state index in [1.807, 2.05) is 25.1 Å². The van der Waals surface area contributed by atoms with Gasteiger partial charge in [-0.1, -0.05) is 6.07 Å². The topological polar surface area (TPSA) is 55.6 Å². The molecule has 0 aromatic heterocycles. The molecule has 0 bridgehead atoms. The van der Waals surface area contributed by atoms with Gasteiger partial charge in [-0.05, 0) is 40.5 Å². The van der Waals surface area contributed by atoms with Crippen molar-refractivity contribution in [1.29, 1.82) is 0 Å². The summed E-state index contributed by atoms with van der Waals surface area (Å²) >= 11 is 3.45. The SMILES string of the molecule is Cc1ccc(N2C(=O)OCC2CN)c(Br)c1. The van der Waals surface area contributed by atoms with Crippen LogP contribution in [0.15, 0.2) is 22.7 Å². The zero-order valence-corrected chi connectivity index (χ0v) is 10.5. The van der Waals surface area contributed by atoms with E-state index in [9.17, 15) is 4.79 Å². The van der Waals surface area contributed by atoms with Gasteiger partial charge < -0.3 is 10.5 Å². The Morgan fingerprint density at radius 3 is 3.00 bits per heavy atom. The summed E-state index contributed by atoms with van der Waals surface area (Å²) in [5.74, 6) is 0. The second kappa shape index (κ2) is 4.43. The van der Waals surface area contributed by atoms with E-state index in [0.717, 1.165) is 15.7 Å². The molecule has 4 nitrogen and oxygen atoms in total. The summed E-state index contributed by atoms with van der Waals surface area (Å²) < 4.78 is 5.87. The lowest BCUT2D eigenvalue weighted by atomic mass is 10.2. The van der Waals surface area contributed by atoms with Gasteiger partial charge in [-0.15, -0.1) is 0 Å². The number of hydrogen-bond acceptors (Lipinski definition) is 3. The van der Waals surface area contributed by atoms with Crippen molar-refractivity contribution in [2.24, 2.45) is 5.73 Å². The summed E-state index contributed by atoms with van der Waals surface area (Å²) in [6.07, 6.45) is -0.333. The van der Waals surface area contributed by atoms with Crippen LogP contribution in [0.25, 0.3) is 0 Å². The number of rotatable bonds is 2. The van der Waals surface area contributed by atoms with Crippen molar-refractivity contribution in [3.8, 4) is 0 Å². The first kappa shape index (κ1) is 11.4. The van der Waals surface area contributed by atoms with Crippen LogP contribution in [0.5, 0.6) is 0 Å². The normalized spacial score (nSPS) is 20.1. The summed E-state index contributed by atoms with van der Waals surface area (Å²) in [7, 11) is 0. The monoisotopic (exact) mass is 284 g/mol. The average molecular weight is 285 g/mol. The largest absolute Gasteiger partial charge is 0.447 e. The number of amides is 1. The zero-order valence-electron chi connectivity index (χ0n) is 8.94. The first-order chi connectivity index (χ1) is 7.63. The number of carbonyl (C=O) groups excluding carboxylic acids is 1. The van der Waals surface area contributed by atoms with Gasteiger partial charge in [0.25, 0.3) is 0 Å². The van der Waals surface area contributed by atoms with Crippen LogP contribution in [0, 0.1) is 6.92 Å². The van der Waals surface area contributed by atoms with Crippen LogP contribution in [-0.4, -0.2) is 25.3 Å². The summed E-state index contributed by atoms with van der Waals surface area (Å²) in [5.41, 5.74) is 7.56. The average Bonchev–Trinajstić information content (AvgIpc) is 2.60.